The number of amides is 4. The first-order valence-corrected chi connectivity index (χ1v) is 12.8. The molecule has 4 atom stereocenters. The lowest BCUT2D eigenvalue weighted by Crippen LogP contribution is -2.57. The number of aromatic amines is 2. The average molecular weight is 553 g/mol. The van der Waals surface area contributed by atoms with Crippen molar-refractivity contribution >= 4 is 40.5 Å². The van der Waals surface area contributed by atoms with Gasteiger partial charge in [0.1, 0.15) is 18.1 Å². The summed E-state index contributed by atoms with van der Waals surface area (Å²) in [7, 11) is 0. The van der Waals surface area contributed by atoms with E-state index in [0.29, 0.717) is 12.1 Å². The zero-order valence-corrected chi connectivity index (χ0v) is 21.6. The van der Waals surface area contributed by atoms with Gasteiger partial charge in [-0.25, -0.2) is 9.78 Å². The molecule has 1 aliphatic heterocycles. The molecule has 0 radical (unpaired) electrons. The highest BCUT2D eigenvalue weighted by atomic mass is 16.4. The van der Waals surface area contributed by atoms with Crippen molar-refractivity contribution < 1.29 is 29.1 Å². The second kappa shape index (κ2) is 12.4. The topological polar surface area (TPSA) is 229 Å². The van der Waals surface area contributed by atoms with Gasteiger partial charge >= 0.3 is 5.97 Å². The van der Waals surface area contributed by atoms with Crippen LogP contribution < -0.4 is 22.1 Å². The Balaban J connectivity index is 1.55. The van der Waals surface area contributed by atoms with Gasteiger partial charge in [0.2, 0.25) is 23.6 Å². The number of fused-ring (bicyclic) bond motifs is 1. The molecule has 3 heterocycles. The molecule has 0 saturated carbocycles. The highest BCUT2D eigenvalue weighted by Gasteiger charge is 2.39. The molecule has 2 aromatic heterocycles. The number of aliphatic carboxylic acids is 1. The van der Waals surface area contributed by atoms with Gasteiger partial charge in [-0.15, -0.1) is 0 Å². The van der Waals surface area contributed by atoms with Gasteiger partial charge < -0.3 is 42.1 Å². The van der Waals surface area contributed by atoms with Gasteiger partial charge in [0.05, 0.1) is 18.8 Å². The zero-order chi connectivity index (χ0) is 28.8. The largest absolute Gasteiger partial charge is 0.480 e. The monoisotopic (exact) mass is 552 g/mol. The Morgan fingerprint density at radius 1 is 1.10 bits per heavy atom. The molecule has 4 unspecified atom stereocenters. The number of benzene rings is 1. The van der Waals surface area contributed by atoms with Gasteiger partial charge in [-0.2, -0.15) is 0 Å². The normalized spacial score (nSPS) is 17.2. The molecule has 3 aromatic rings. The van der Waals surface area contributed by atoms with Crippen molar-refractivity contribution in [1.29, 1.82) is 0 Å². The number of carbonyl (C=O) groups is 5. The minimum absolute atomic E-state index is 0.121. The number of primary amides is 1. The van der Waals surface area contributed by atoms with Crippen molar-refractivity contribution in [3.8, 4) is 0 Å². The Bertz CT molecular complexity index is 1390. The van der Waals surface area contributed by atoms with Gasteiger partial charge in [0.25, 0.3) is 0 Å². The molecule has 4 amide bonds. The van der Waals surface area contributed by atoms with Gasteiger partial charge in [-0.3, -0.25) is 19.2 Å². The molecule has 40 heavy (non-hydrogen) atoms. The smallest absolute Gasteiger partial charge is 0.326 e. The van der Waals surface area contributed by atoms with E-state index in [1.54, 1.807) is 12.4 Å². The zero-order valence-electron chi connectivity index (χ0n) is 21.6. The number of nitrogens with one attached hydrogen (secondary N) is 4. The summed E-state index contributed by atoms with van der Waals surface area (Å²) in [5.74, 6) is -4.08. The van der Waals surface area contributed by atoms with Crippen molar-refractivity contribution in [2.45, 2.75) is 56.3 Å². The predicted octanol–water partition coefficient (Wildman–Crippen LogP) is -1.08. The molecule has 9 N–H and O–H groups in total. The Morgan fingerprint density at radius 3 is 2.58 bits per heavy atom. The summed E-state index contributed by atoms with van der Waals surface area (Å²) in [5.41, 5.74) is 13.5. The number of nitrogens with two attached hydrogens (primary N) is 2. The first kappa shape index (κ1) is 28.3. The van der Waals surface area contributed by atoms with Crippen LogP contribution in [-0.4, -0.2) is 85.3 Å². The second-order valence-electron chi connectivity index (χ2n) is 9.77. The lowest BCUT2D eigenvalue weighted by molar-refractivity contribution is -0.145. The van der Waals surface area contributed by atoms with Gasteiger partial charge in [-0.05, 0) is 24.5 Å². The number of para-hydroxylation sites is 1. The average Bonchev–Trinajstić information content (AvgIpc) is 3.68. The fraction of sp³-hybridized carbons (Fsp3) is 0.385. The maximum Gasteiger partial charge on any atom is 0.326 e. The van der Waals surface area contributed by atoms with Crippen LogP contribution in [-0.2, 0) is 36.8 Å². The SMILES string of the molecule is NC(=O)CC(NC(=O)C1CCCN1C(=O)C(Cc1c[nH]c2ccccc12)NC(=O)C(N)Cc1cnc[nH]1)C(=O)O. The number of aromatic nitrogens is 3. The van der Waals surface area contributed by atoms with Crippen molar-refractivity contribution in [3.05, 3.63) is 54.2 Å². The van der Waals surface area contributed by atoms with E-state index >= 15 is 0 Å². The summed E-state index contributed by atoms with van der Waals surface area (Å²) in [6.45, 7) is 0.227. The summed E-state index contributed by atoms with van der Waals surface area (Å²) in [6, 6.07) is 2.98. The minimum atomic E-state index is -1.52. The predicted molar refractivity (Wildman–Crippen MR) is 142 cm³/mol. The molecule has 0 bridgehead atoms. The van der Waals surface area contributed by atoms with Crippen LogP contribution >= 0.6 is 0 Å². The van der Waals surface area contributed by atoms with Crippen LogP contribution in [0.3, 0.4) is 0 Å². The molecule has 14 heteroatoms. The molecule has 1 fully saturated rings. The Labute approximate surface area is 228 Å². The molecule has 0 spiro atoms. The third-order valence-electron chi connectivity index (χ3n) is 6.90. The van der Waals surface area contributed by atoms with E-state index in [-0.39, 0.29) is 25.8 Å². The molecule has 1 saturated heterocycles. The number of hydrogen-bond donors (Lipinski definition) is 7. The molecular weight excluding hydrogens is 520 g/mol. The lowest BCUT2D eigenvalue weighted by atomic mass is 10.0. The number of likely N-dealkylation sites (tertiary alicyclic amines) is 1. The number of nitrogens with zero attached hydrogens (tertiary/aromatic N) is 2. The molecule has 14 nitrogen and oxygen atoms in total. The summed E-state index contributed by atoms with van der Waals surface area (Å²) in [4.78, 5) is 74.1. The maximum atomic E-state index is 13.9. The van der Waals surface area contributed by atoms with Crippen LogP contribution in [0.15, 0.2) is 43.0 Å². The summed E-state index contributed by atoms with van der Waals surface area (Å²) < 4.78 is 0. The van der Waals surface area contributed by atoms with E-state index < -0.39 is 60.2 Å². The van der Waals surface area contributed by atoms with Gasteiger partial charge in [0.15, 0.2) is 0 Å². The van der Waals surface area contributed by atoms with Gasteiger partial charge in [-0.1, -0.05) is 18.2 Å². The van der Waals surface area contributed by atoms with E-state index in [4.69, 9.17) is 11.5 Å². The van der Waals surface area contributed by atoms with Crippen LogP contribution in [0.5, 0.6) is 0 Å². The van der Waals surface area contributed by atoms with E-state index in [0.717, 1.165) is 16.5 Å². The Morgan fingerprint density at radius 2 is 1.88 bits per heavy atom. The minimum Gasteiger partial charge on any atom is -0.480 e. The van der Waals surface area contributed by atoms with Gasteiger partial charge in [0, 0.05) is 48.4 Å². The summed E-state index contributed by atoms with van der Waals surface area (Å²) in [6.07, 6.45) is 5.27. The van der Waals surface area contributed by atoms with Crippen LogP contribution in [0.2, 0.25) is 0 Å². The fourth-order valence-electron chi connectivity index (χ4n) is 4.90. The fourth-order valence-corrected chi connectivity index (χ4v) is 4.90. The maximum absolute atomic E-state index is 13.9. The van der Waals surface area contributed by atoms with E-state index in [9.17, 15) is 29.1 Å². The quantitative estimate of drug-likeness (QED) is 0.146. The third-order valence-corrected chi connectivity index (χ3v) is 6.90. The molecule has 1 aliphatic rings. The number of imidazole rings is 1. The molecule has 1 aromatic carbocycles. The number of carbonyl (C=O) groups excluding carboxylic acids is 4. The summed E-state index contributed by atoms with van der Waals surface area (Å²) >= 11 is 0. The number of carboxylic acids is 1. The first-order chi connectivity index (χ1) is 19.1. The Kier molecular flexibility index (Phi) is 8.79. The van der Waals surface area contributed by atoms with E-state index in [1.807, 2.05) is 24.3 Å². The molecular formula is C26H32N8O6. The lowest BCUT2D eigenvalue weighted by Gasteiger charge is -2.30. The first-order valence-electron chi connectivity index (χ1n) is 12.8. The molecule has 4 rings (SSSR count). The number of carboxylic acid groups (broad SMARTS) is 1. The van der Waals surface area contributed by atoms with E-state index in [2.05, 4.69) is 25.6 Å². The van der Waals surface area contributed by atoms with Crippen molar-refractivity contribution in [1.82, 2.24) is 30.5 Å². The third kappa shape index (κ3) is 6.64. The number of hydrogen-bond acceptors (Lipinski definition) is 7. The standard InChI is InChI=1S/C26H32N8O6/c27-17(9-15-12-29-13-31-15)23(36)32-19(8-14-11-30-18-5-2-1-4-16(14)18)25(38)34-7-3-6-21(34)24(37)33-20(26(39)40)10-22(28)35/h1-2,4-5,11-13,17,19-21,30H,3,6-10,27H2,(H2,28,35)(H,29,31)(H,32,36)(H,33,37)(H,39,40). The molecule has 0 aliphatic carbocycles. The number of rotatable bonds is 12. The van der Waals surface area contributed by atoms with Crippen molar-refractivity contribution in [3.63, 3.8) is 0 Å². The van der Waals surface area contributed by atoms with Crippen LogP contribution in [0.25, 0.3) is 10.9 Å². The highest BCUT2D eigenvalue weighted by Crippen LogP contribution is 2.23. The van der Waals surface area contributed by atoms with Crippen molar-refractivity contribution in [2.24, 2.45) is 11.5 Å². The highest BCUT2D eigenvalue weighted by molar-refractivity contribution is 5.96. The van der Waals surface area contributed by atoms with Crippen molar-refractivity contribution in [2.75, 3.05) is 6.54 Å². The second-order valence-corrected chi connectivity index (χ2v) is 9.77. The Hall–Kier alpha value is -4.72. The van der Waals surface area contributed by atoms with Crippen LogP contribution in [0.4, 0.5) is 0 Å². The molecule has 212 valence electrons. The van der Waals surface area contributed by atoms with Crippen LogP contribution in [0, 0.1) is 0 Å². The summed E-state index contributed by atoms with van der Waals surface area (Å²) in [5, 5.41) is 15.3. The number of H-pyrrole nitrogens is 2. The van der Waals surface area contributed by atoms with Crippen LogP contribution in [0.1, 0.15) is 30.5 Å². The van der Waals surface area contributed by atoms with E-state index in [1.165, 1.54) is 11.2 Å².